The van der Waals surface area contributed by atoms with E-state index in [2.05, 4.69) is 26.1 Å². The van der Waals surface area contributed by atoms with Crippen LogP contribution in [-0.2, 0) is 10.2 Å². The standard InChI is InChI=1S/C15H23NO2/c1-5-10-16-14(17)11-18-13-9-7-6-8-12(13)15(2,3)4/h6-9H,5,10-11H2,1-4H3,(H,16,17). The van der Waals surface area contributed by atoms with Gasteiger partial charge in [-0.2, -0.15) is 0 Å². The summed E-state index contributed by atoms with van der Waals surface area (Å²) in [5.41, 5.74) is 1.13. The average molecular weight is 249 g/mol. The van der Waals surface area contributed by atoms with Crippen molar-refractivity contribution in [1.82, 2.24) is 5.32 Å². The van der Waals surface area contributed by atoms with Crippen LogP contribution in [0, 0.1) is 0 Å². The number of rotatable bonds is 5. The number of amides is 1. The Morgan fingerprint density at radius 1 is 1.28 bits per heavy atom. The van der Waals surface area contributed by atoms with Crippen LogP contribution in [0.2, 0.25) is 0 Å². The molecular formula is C15H23NO2. The highest BCUT2D eigenvalue weighted by Crippen LogP contribution is 2.30. The molecule has 1 aromatic carbocycles. The summed E-state index contributed by atoms with van der Waals surface area (Å²) >= 11 is 0. The van der Waals surface area contributed by atoms with Gasteiger partial charge in [0.2, 0.25) is 0 Å². The van der Waals surface area contributed by atoms with Gasteiger partial charge in [-0.1, -0.05) is 45.9 Å². The van der Waals surface area contributed by atoms with Crippen molar-refractivity contribution in [2.24, 2.45) is 0 Å². The first-order valence-electron chi connectivity index (χ1n) is 6.44. The Labute approximate surface area is 110 Å². The van der Waals surface area contributed by atoms with Gasteiger partial charge in [0.15, 0.2) is 6.61 Å². The number of hydrogen-bond donors (Lipinski definition) is 1. The molecule has 18 heavy (non-hydrogen) atoms. The number of carbonyl (C=O) groups excluding carboxylic acids is 1. The van der Waals surface area contributed by atoms with Gasteiger partial charge in [0, 0.05) is 6.54 Å². The van der Waals surface area contributed by atoms with Gasteiger partial charge < -0.3 is 10.1 Å². The van der Waals surface area contributed by atoms with E-state index in [-0.39, 0.29) is 17.9 Å². The van der Waals surface area contributed by atoms with Crippen molar-refractivity contribution >= 4 is 5.91 Å². The zero-order valence-corrected chi connectivity index (χ0v) is 11.7. The number of hydrogen-bond acceptors (Lipinski definition) is 2. The first-order chi connectivity index (χ1) is 8.45. The second-order valence-corrected chi connectivity index (χ2v) is 5.38. The minimum absolute atomic E-state index is 0.0104. The molecule has 0 aromatic heterocycles. The normalized spacial score (nSPS) is 11.1. The number of nitrogens with one attached hydrogen (secondary N) is 1. The van der Waals surface area contributed by atoms with Crippen LogP contribution in [0.4, 0.5) is 0 Å². The van der Waals surface area contributed by atoms with E-state index in [0.29, 0.717) is 6.54 Å². The molecule has 1 N–H and O–H groups in total. The predicted octanol–water partition coefficient (Wildman–Crippen LogP) is 2.89. The largest absolute Gasteiger partial charge is 0.483 e. The fourth-order valence-electron chi connectivity index (χ4n) is 1.67. The second-order valence-electron chi connectivity index (χ2n) is 5.38. The topological polar surface area (TPSA) is 38.3 Å². The van der Waals surface area contributed by atoms with Crippen LogP contribution in [-0.4, -0.2) is 19.1 Å². The summed E-state index contributed by atoms with van der Waals surface area (Å²) in [6.07, 6.45) is 0.935. The van der Waals surface area contributed by atoms with E-state index in [9.17, 15) is 4.79 Å². The lowest BCUT2D eigenvalue weighted by Gasteiger charge is -2.22. The minimum atomic E-state index is -0.0689. The molecule has 1 rings (SSSR count). The van der Waals surface area contributed by atoms with Crippen LogP contribution in [0.25, 0.3) is 0 Å². The molecule has 0 radical (unpaired) electrons. The van der Waals surface area contributed by atoms with Crippen molar-refractivity contribution in [3.63, 3.8) is 0 Å². The van der Waals surface area contributed by atoms with E-state index in [1.54, 1.807) is 0 Å². The maximum atomic E-state index is 11.5. The van der Waals surface area contributed by atoms with Gasteiger partial charge in [-0.3, -0.25) is 4.79 Å². The van der Waals surface area contributed by atoms with E-state index in [0.717, 1.165) is 17.7 Å². The fraction of sp³-hybridized carbons (Fsp3) is 0.533. The third-order valence-electron chi connectivity index (χ3n) is 2.63. The Hall–Kier alpha value is -1.51. The fourth-order valence-corrected chi connectivity index (χ4v) is 1.67. The zero-order chi connectivity index (χ0) is 13.6. The van der Waals surface area contributed by atoms with Gasteiger partial charge in [0.25, 0.3) is 5.91 Å². The lowest BCUT2D eigenvalue weighted by atomic mass is 9.86. The van der Waals surface area contributed by atoms with Crippen LogP contribution in [0.15, 0.2) is 24.3 Å². The zero-order valence-electron chi connectivity index (χ0n) is 11.7. The van der Waals surface area contributed by atoms with Crippen molar-refractivity contribution in [3.8, 4) is 5.75 Å². The van der Waals surface area contributed by atoms with Gasteiger partial charge >= 0.3 is 0 Å². The van der Waals surface area contributed by atoms with Gasteiger partial charge in [-0.25, -0.2) is 0 Å². The first-order valence-corrected chi connectivity index (χ1v) is 6.44. The van der Waals surface area contributed by atoms with Gasteiger partial charge in [0.1, 0.15) is 5.75 Å². The summed E-state index contributed by atoms with van der Waals surface area (Å²) < 4.78 is 5.61. The maximum absolute atomic E-state index is 11.5. The molecule has 0 heterocycles. The number of ether oxygens (including phenoxy) is 1. The molecule has 0 bridgehead atoms. The van der Waals surface area contributed by atoms with E-state index in [1.165, 1.54) is 0 Å². The Balaban J connectivity index is 2.65. The second kappa shape index (κ2) is 6.43. The molecule has 0 spiro atoms. The molecule has 0 fully saturated rings. The SMILES string of the molecule is CCCNC(=O)COc1ccccc1C(C)(C)C. The number of para-hydroxylation sites is 1. The van der Waals surface area contributed by atoms with Crippen molar-refractivity contribution < 1.29 is 9.53 Å². The van der Waals surface area contributed by atoms with Crippen molar-refractivity contribution in [2.75, 3.05) is 13.2 Å². The van der Waals surface area contributed by atoms with Crippen LogP contribution in [0.1, 0.15) is 39.7 Å². The molecule has 0 atom stereocenters. The Morgan fingerprint density at radius 2 is 1.94 bits per heavy atom. The summed E-state index contributed by atoms with van der Waals surface area (Å²) in [6.45, 7) is 9.19. The molecule has 3 heteroatoms. The van der Waals surface area contributed by atoms with Gasteiger partial charge in [-0.15, -0.1) is 0 Å². The molecule has 1 amide bonds. The summed E-state index contributed by atoms with van der Waals surface area (Å²) in [4.78, 5) is 11.5. The van der Waals surface area contributed by atoms with Gasteiger partial charge in [-0.05, 0) is 23.5 Å². The summed E-state index contributed by atoms with van der Waals surface area (Å²) in [5, 5.41) is 2.80. The molecule has 0 aliphatic heterocycles. The summed E-state index contributed by atoms with van der Waals surface area (Å²) in [6, 6.07) is 7.87. The quantitative estimate of drug-likeness (QED) is 0.871. The smallest absolute Gasteiger partial charge is 0.257 e. The lowest BCUT2D eigenvalue weighted by molar-refractivity contribution is -0.123. The number of carbonyl (C=O) groups is 1. The Morgan fingerprint density at radius 3 is 2.56 bits per heavy atom. The molecule has 0 aliphatic rings. The lowest BCUT2D eigenvalue weighted by Crippen LogP contribution is -2.29. The van der Waals surface area contributed by atoms with E-state index in [1.807, 2.05) is 31.2 Å². The van der Waals surface area contributed by atoms with Crippen LogP contribution in [0.3, 0.4) is 0 Å². The van der Waals surface area contributed by atoms with Crippen LogP contribution >= 0.6 is 0 Å². The van der Waals surface area contributed by atoms with Crippen LogP contribution in [0.5, 0.6) is 5.75 Å². The molecule has 0 unspecified atom stereocenters. The molecule has 0 saturated heterocycles. The molecule has 0 saturated carbocycles. The average Bonchev–Trinajstić information content (AvgIpc) is 2.33. The molecular weight excluding hydrogens is 226 g/mol. The van der Waals surface area contributed by atoms with Crippen LogP contribution < -0.4 is 10.1 Å². The van der Waals surface area contributed by atoms with E-state index >= 15 is 0 Å². The minimum Gasteiger partial charge on any atom is -0.483 e. The highest BCUT2D eigenvalue weighted by Gasteiger charge is 2.18. The highest BCUT2D eigenvalue weighted by molar-refractivity contribution is 5.77. The summed E-state index contributed by atoms with van der Waals surface area (Å²) in [5.74, 6) is 0.720. The van der Waals surface area contributed by atoms with E-state index in [4.69, 9.17) is 4.74 Å². The van der Waals surface area contributed by atoms with Crippen molar-refractivity contribution in [2.45, 2.75) is 39.5 Å². The number of benzene rings is 1. The monoisotopic (exact) mass is 249 g/mol. The van der Waals surface area contributed by atoms with Crippen molar-refractivity contribution in [3.05, 3.63) is 29.8 Å². The maximum Gasteiger partial charge on any atom is 0.257 e. The molecule has 100 valence electrons. The Bertz CT molecular complexity index is 394. The third kappa shape index (κ3) is 4.40. The molecule has 3 nitrogen and oxygen atoms in total. The molecule has 1 aromatic rings. The first kappa shape index (κ1) is 14.6. The predicted molar refractivity (Wildman–Crippen MR) is 73.9 cm³/mol. The van der Waals surface area contributed by atoms with Gasteiger partial charge in [0.05, 0.1) is 0 Å². The highest BCUT2D eigenvalue weighted by atomic mass is 16.5. The van der Waals surface area contributed by atoms with Crippen molar-refractivity contribution in [1.29, 1.82) is 0 Å². The summed E-state index contributed by atoms with van der Waals surface area (Å²) in [7, 11) is 0. The van der Waals surface area contributed by atoms with E-state index < -0.39 is 0 Å². The Kier molecular flexibility index (Phi) is 5.20. The molecule has 0 aliphatic carbocycles. The third-order valence-corrected chi connectivity index (χ3v) is 2.63.